The summed E-state index contributed by atoms with van der Waals surface area (Å²) in [7, 11) is 0. The lowest BCUT2D eigenvalue weighted by molar-refractivity contribution is 0.116. The molecule has 3 heteroatoms. The number of aliphatic hydroxyl groups is 1. The lowest BCUT2D eigenvalue weighted by Crippen LogP contribution is -2.14. The Labute approximate surface area is 100 Å². The van der Waals surface area contributed by atoms with Crippen molar-refractivity contribution in [1.82, 2.24) is 0 Å². The molecule has 0 heterocycles. The van der Waals surface area contributed by atoms with Crippen LogP contribution in [0.25, 0.3) is 0 Å². The number of hydrogen-bond donors (Lipinski definition) is 1. The molecule has 0 fully saturated rings. The highest BCUT2D eigenvalue weighted by Gasteiger charge is 2.31. The zero-order valence-corrected chi connectivity index (χ0v) is 10.5. The summed E-state index contributed by atoms with van der Waals surface area (Å²) in [5.74, 6) is -1.10. The number of benzene rings is 1. The molecular formula is C14H18F2O. The molecule has 0 aliphatic heterocycles. The van der Waals surface area contributed by atoms with Crippen LogP contribution in [0, 0.1) is 24.0 Å². The topological polar surface area (TPSA) is 20.2 Å². The summed E-state index contributed by atoms with van der Waals surface area (Å²) >= 11 is 0. The first-order valence-corrected chi connectivity index (χ1v) is 5.97. The fourth-order valence-corrected chi connectivity index (χ4v) is 2.69. The van der Waals surface area contributed by atoms with Crippen molar-refractivity contribution >= 4 is 0 Å². The van der Waals surface area contributed by atoms with Crippen molar-refractivity contribution in [3.63, 3.8) is 0 Å². The van der Waals surface area contributed by atoms with Gasteiger partial charge < -0.3 is 5.11 Å². The molecule has 1 aromatic rings. The summed E-state index contributed by atoms with van der Waals surface area (Å²) in [5, 5.41) is 10.2. The maximum Gasteiger partial charge on any atom is 0.129 e. The molecule has 1 aromatic carbocycles. The van der Waals surface area contributed by atoms with Crippen molar-refractivity contribution in [2.75, 3.05) is 0 Å². The molecule has 17 heavy (non-hydrogen) atoms. The van der Waals surface area contributed by atoms with Crippen molar-refractivity contribution < 1.29 is 13.9 Å². The predicted molar refractivity (Wildman–Crippen MR) is 62.8 cm³/mol. The first-order chi connectivity index (χ1) is 7.82. The Morgan fingerprint density at radius 3 is 2.59 bits per heavy atom. The largest absolute Gasteiger partial charge is 0.388 e. The number of fused-ring (bicyclic) bond motifs is 1. The van der Waals surface area contributed by atoms with Crippen molar-refractivity contribution in [3.05, 3.63) is 34.4 Å². The number of hydrogen-bond acceptors (Lipinski definition) is 1. The van der Waals surface area contributed by atoms with Crippen LogP contribution in [0.4, 0.5) is 8.78 Å². The van der Waals surface area contributed by atoms with Gasteiger partial charge in [-0.3, -0.25) is 0 Å². The molecule has 1 aliphatic carbocycles. The van der Waals surface area contributed by atoms with Crippen molar-refractivity contribution in [2.45, 2.75) is 46.1 Å². The quantitative estimate of drug-likeness (QED) is 0.686. The molecule has 1 unspecified atom stereocenters. The van der Waals surface area contributed by atoms with Gasteiger partial charge in [-0.15, -0.1) is 0 Å². The van der Waals surface area contributed by atoms with Crippen molar-refractivity contribution in [2.24, 2.45) is 5.41 Å². The molecule has 1 N–H and O–H groups in total. The van der Waals surface area contributed by atoms with E-state index in [1.807, 2.05) is 13.8 Å². The van der Waals surface area contributed by atoms with Crippen LogP contribution >= 0.6 is 0 Å². The second kappa shape index (κ2) is 4.05. The zero-order valence-electron chi connectivity index (χ0n) is 10.5. The third-order valence-electron chi connectivity index (χ3n) is 3.76. The highest BCUT2D eigenvalue weighted by Crippen LogP contribution is 2.41. The lowest BCUT2D eigenvalue weighted by atomic mass is 9.83. The van der Waals surface area contributed by atoms with Crippen LogP contribution in [-0.4, -0.2) is 5.11 Å². The van der Waals surface area contributed by atoms with E-state index in [-0.39, 0.29) is 5.41 Å². The maximum absolute atomic E-state index is 13.8. The molecule has 0 aromatic heterocycles. The second-order valence-electron chi connectivity index (χ2n) is 5.74. The molecule has 1 atom stereocenters. The van der Waals surface area contributed by atoms with Gasteiger partial charge >= 0.3 is 0 Å². The Morgan fingerprint density at radius 1 is 1.29 bits per heavy atom. The number of aliphatic hydroxyl groups excluding tert-OH is 1. The Balaban J connectivity index is 2.59. The van der Waals surface area contributed by atoms with E-state index in [0.29, 0.717) is 29.5 Å². The van der Waals surface area contributed by atoms with Crippen LogP contribution in [-0.2, 0) is 6.42 Å². The van der Waals surface area contributed by atoms with Crippen LogP contribution in [0.1, 0.15) is 49.5 Å². The van der Waals surface area contributed by atoms with Crippen LogP contribution in [0.3, 0.4) is 0 Å². The minimum absolute atomic E-state index is 0.0478. The molecular weight excluding hydrogens is 222 g/mol. The average molecular weight is 240 g/mol. The fourth-order valence-electron chi connectivity index (χ4n) is 2.69. The summed E-state index contributed by atoms with van der Waals surface area (Å²) < 4.78 is 27.3. The molecule has 1 nitrogen and oxygen atoms in total. The van der Waals surface area contributed by atoms with E-state index in [2.05, 4.69) is 0 Å². The highest BCUT2D eigenvalue weighted by atomic mass is 19.1. The van der Waals surface area contributed by atoms with Gasteiger partial charge in [0.1, 0.15) is 11.6 Å². The van der Waals surface area contributed by atoms with E-state index in [4.69, 9.17) is 0 Å². The monoisotopic (exact) mass is 240 g/mol. The van der Waals surface area contributed by atoms with Crippen LogP contribution in [0.15, 0.2) is 6.07 Å². The molecule has 0 saturated carbocycles. The molecule has 0 amide bonds. The Morgan fingerprint density at radius 2 is 1.94 bits per heavy atom. The molecule has 94 valence electrons. The number of rotatable bonds is 0. The molecule has 0 bridgehead atoms. The minimum Gasteiger partial charge on any atom is -0.388 e. The van der Waals surface area contributed by atoms with Gasteiger partial charge in [-0.05, 0) is 48.3 Å². The highest BCUT2D eigenvalue weighted by molar-refractivity contribution is 5.39. The van der Waals surface area contributed by atoms with Gasteiger partial charge in [0, 0.05) is 6.07 Å². The Hall–Kier alpha value is -0.960. The third kappa shape index (κ3) is 2.21. The van der Waals surface area contributed by atoms with Gasteiger partial charge in [0.2, 0.25) is 0 Å². The molecule has 1 aliphatic rings. The fraction of sp³-hybridized carbons (Fsp3) is 0.571. The zero-order chi connectivity index (χ0) is 12.8. The van der Waals surface area contributed by atoms with E-state index in [0.717, 1.165) is 12.5 Å². The van der Waals surface area contributed by atoms with Crippen molar-refractivity contribution in [1.29, 1.82) is 0 Å². The summed E-state index contributed by atoms with van der Waals surface area (Å²) in [5.41, 5.74) is 1.29. The van der Waals surface area contributed by atoms with E-state index in [9.17, 15) is 13.9 Å². The molecule has 0 spiro atoms. The SMILES string of the molecule is Cc1c(F)cc(F)c2c1C(O)CC(C)(C)CC2. The first-order valence-electron chi connectivity index (χ1n) is 5.97. The lowest BCUT2D eigenvalue weighted by Gasteiger charge is -2.24. The van der Waals surface area contributed by atoms with Gasteiger partial charge in [0.15, 0.2) is 0 Å². The van der Waals surface area contributed by atoms with E-state index < -0.39 is 17.7 Å². The molecule has 2 rings (SSSR count). The van der Waals surface area contributed by atoms with Gasteiger partial charge in [-0.25, -0.2) is 8.78 Å². The summed E-state index contributed by atoms with van der Waals surface area (Å²) in [4.78, 5) is 0. The van der Waals surface area contributed by atoms with Crippen molar-refractivity contribution in [3.8, 4) is 0 Å². The third-order valence-corrected chi connectivity index (χ3v) is 3.76. The normalized spacial score (nSPS) is 23.1. The smallest absolute Gasteiger partial charge is 0.129 e. The Kier molecular flexibility index (Phi) is 2.98. The summed E-state index contributed by atoms with van der Waals surface area (Å²) in [6.45, 7) is 5.70. The van der Waals surface area contributed by atoms with Gasteiger partial charge in [0.05, 0.1) is 6.10 Å². The van der Waals surface area contributed by atoms with Gasteiger partial charge in [0.25, 0.3) is 0 Å². The standard InChI is InChI=1S/C14H18F2O/c1-8-10(15)6-11(16)9-4-5-14(2,3)7-12(17)13(8)9/h6,12,17H,4-5,7H2,1-3H3. The maximum atomic E-state index is 13.8. The Bertz CT molecular complexity index is 452. The van der Waals surface area contributed by atoms with Crippen LogP contribution in [0.2, 0.25) is 0 Å². The van der Waals surface area contributed by atoms with E-state index >= 15 is 0 Å². The van der Waals surface area contributed by atoms with Crippen LogP contribution < -0.4 is 0 Å². The molecule has 0 radical (unpaired) electrons. The predicted octanol–water partition coefficient (Wildman–Crippen LogP) is 3.67. The molecule has 0 saturated heterocycles. The van der Waals surface area contributed by atoms with E-state index in [1.165, 1.54) is 0 Å². The van der Waals surface area contributed by atoms with Gasteiger partial charge in [-0.2, -0.15) is 0 Å². The summed E-state index contributed by atoms with van der Waals surface area (Å²) in [6.07, 6.45) is 1.14. The van der Waals surface area contributed by atoms with Crippen LogP contribution in [0.5, 0.6) is 0 Å². The minimum atomic E-state index is -0.771. The second-order valence-corrected chi connectivity index (χ2v) is 5.74. The average Bonchev–Trinajstić information content (AvgIpc) is 2.31. The summed E-state index contributed by atoms with van der Waals surface area (Å²) in [6, 6.07) is 0.930. The van der Waals surface area contributed by atoms with Gasteiger partial charge in [-0.1, -0.05) is 13.8 Å². The first kappa shape index (κ1) is 12.5. The number of halogens is 2. The van der Waals surface area contributed by atoms with E-state index in [1.54, 1.807) is 6.92 Å².